The molecule has 0 bridgehead atoms. The largest absolute Gasteiger partial charge is 0.508 e. The maximum atomic E-state index is 11.7. The predicted octanol–water partition coefficient (Wildman–Crippen LogP) is 2.22. The van der Waals surface area contributed by atoms with Gasteiger partial charge in [-0.25, -0.2) is 0 Å². The molecule has 0 aliphatic rings. The van der Waals surface area contributed by atoms with Gasteiger partial charge >= 0.3 is 0 Å². The molecule has 0 heterocycles. The summed E-state index contributed by atoms with van der Waals surface area (Å²) in [6.45, 7) is 8.16. The van der Waals surface area contributed by atoms with Crippen molar-refractivity contribution in [2.24, 2.45) is 0 Å². The Morgan fingerprint density at radius 2 is 2.00 bits per heavy atom. The monoisotopic (exact) mass is 264 g/mol. The van der Waals surface area contributed by atoms with Crippen LogP contribution in [0.4, 0.5) is 0 Å². The fraction of sp³-hybridized carbons (Fsp3) is 0.533. The zero-order valence-corrected chi connectivity index (χ0v) is 12.4. The molecule has 0 saturated carbocycles. The van der Waals surface area contributed by atoms with Crippen LogP contribution in [0.5, 0.6) is 5.75 Å². The number of amides is 1. The van der Waals surface area contributed by atoms with E-state index in [-0.39, 0.29) is 23.7 Å². The lowest BCUT2D eigenvalue weighted by Gasteiger charge is -2.25. The lowest BCUT2D eigenvalue weighted by molar-refractivity contribution is -0.122. The molecular formula is C15H24N2O2. The van der Waals surface area contributed by atoms with Crippen LogP contribution in [0.25, 0.3) is 0 Å². The Balaban J connectivity index is 2.73. The number of carbonyl (C=O) groups excluding carboxylic acids is 1. The first-order valence-electron chi connectivity index (χ1n) is 6.60. The number of carbonyl (C=O) groups is 1. The van der Waals surface area contributed by atoms with Crippen LogP contribution < -0.4 is 5.32 Å². The molecule has 0 radical (unpaired) electrons. The zero-order valence-electron chi connectivity index (χ0n) is 12.4. The molecule has 4 heteroatoms. The summed E-state index contributed by atoms with van der Waals surface area (Å²) < 4.78 is 0. The second-order valence-electron chi connectivity index (χ2n) is 5.38. The Hall–Kier alpha value is -1.55. The minimum absolute atomic E-state index is 0.00325. The zero-order chi connectivity index (χ0) is 14.6. The summed E-state index contributed by atoms with van der Waals surface area (Å²) in [6, 6.07) is 5.65. The van der Waals surface area contributed by atoms with E-state index in [2.05, 4.69) is 5.32 Å². The number of nitrogens with zero attached hydrogens (tertiary/aromatic N) is 1. The fourth-order valence-electron chi connectivity index (χ4n) is 1.98. The third-order valence-electron chi connectivity index (χ3n) is 3.14. The van der Waals surface area contributed by atoms with Crippen molar-refractivity contribution in [3.63, 3.8) is 0 Å². The second kappa shape index (κ2) is 6.57. The van der Waals surface area contributed by atoms with E-state index in [1.807, 2.05) is 51.8 Å². The number of benzene rings is 1. The minimum atomic E-state index is -0.0159. The first kappa shape index (κ1) is 15.5. The Kier molecular flexibility index (Phi) is 5.36. The number of phenols is 1. The molecule has 1 atom stereocenters. The van der Waals surface area contributed by atoms with Crippen molar-refractivity contribution in [2.45, 2.75) is 39.8 Å². The van der Waals surface area contributed by atoms with Crippen molar-refractivity contribution < 1.29 is 9.90 Å². The highest BCUT2D eigenvalue weighted by Gasteiger charge is 2.18. The molecule has 106 valence electrons. The van der Waals surface area contributed by atoms with Gasteiger partial charge in [0.2, 0.25) is 5.91 Å². The molecule has 1 amide bonds. The molecule has 1 unspecified atom stereocenters. The summed E-state index contributed by atoms with van der Waals surface area (Å²) in [5.41, 5.74) is 1.94. The molecular weight excluding hydrogens is 240 g/mol. The molecule has 0 spiro atoms. The lowest BCUT2D eigenvalue weighted by atomic mass is 10.0. The van der Waals surface area contributed by atoms with Crippen molar-refractivity contribution in [2.75, 3.05) is 13.6 Å². The van der Waals surface area contributed by atoms with Gasteiger partial charge in [-0.15, -0.1) is 0 Å². The average Bonchev–Trinajstić information content (AvgIpc) is 2.30. The third-order valence-corrected chi connectivity index (χ3v) is 3.14. The van der Waals surface area contributed by atoms with Gasteiger partial charge in [-0.3, -0.25) is 9.69 Å². The predicted molar refractivity (Wildman–Crippen MR) is 77.2 cm³/mol. The summed E-state index contributed by atoms with van der Waals surface area (Å²) in [4.78, 5) is 13.7. The fourth-order valence-corrected chi connectivity index (χ4v) is 1.98. The minimum Gasteiger partial charge on any atom is -0.508 e. The number of hydrogen-bond donors (Lipinski definition) is 2. The normalized spacial score (nSPS) is 12.8. The van der Waals surface area contributed by atoms with Gasteiger partial charge in [-0.1, -0.05) is 17.7 Å². The molecule has 0 aliphatic carbocycles. The van der Waals surface area contributed by atoms with E-state index in [0.717, 1.165) is 11.1 Å². The van der Waals surface area contributed by atoms with Gasteiger partial charge in [0, 0.05) is 17.6 Å². The summed E-state index contributed by atoms with van der Waals surface area (Å²) >= 11 is 0. The second-order valence-corrected chi connectivity index (χ2v) is 5.38. The van der Waals surface area contributed by atoms with Crippen molar-refractivity contribution in [1.29, 1.82) is 0 Å². The van der Waals surface area contributed by atoms with Crippen LogP contribution in [-0.4, -0.2) is 35.5 Å². The van der Waals surface area contributed by atoms with Gasteiger partial charge in [-0.2, -0.15) is 0 Å². The van der Waals surface area contributed by atoms with Gasteiger partial charge in [-0.05, 0) is 40.8 Å². The molecule has 1 rings (SSSR count). The van der Waals surface area contributed by atoms with E-state index in [0.29, 0.717) is 6.54 Å². The Labute approximate surface area is 115 Å². The summed E-state index contributed by atoms with van der Waals surface area (Å²) in [5.74, 6) is 0.269. The van der Waals surface area contributed by atoms with E-state index in [1.54, 1.807) is 6.07 Å². The molecule has 2 N–H and O–H groups in total. The van der Waals surface area contributed by atoms with Crippen molar-refractivity contribution in [3.05, 3.63) is 29.3 Å². The highest BCUT2D eigenvalue weighted by molar-refractivity contribution is 5.78. The molecule has 4 nitrogen and oxygen atoms in total. The third kappa shape index (κ3) is 4.56. The van der Waals surface area contributed by atoms with Crippen LogP contribution in [0, 0.1) is 6.92 Å². The number of aromatic hydroxyl groups is 1. The van der Waals surface area contributed by atoms with Crippen LogP contribution in [0.3, 0.4) is 0 Å². The average molecular weight is 264 g/mol. The molecule has 19 heavy (non-hydrogen) atoms. The van der Waals surface area contributed by atoms with Gasteiger partial charge in [0.05, 0.1) is 6.54 Å². The Bertz CT molecular complexity index is 444. The smallest absolute Gasteiger partial charge is 0.234 e. The quantitative estimate of drug-likeness (QED) is 0.857. The maximum absolute atomic E-state index is 11.7. The number of hydrogen-bond acceptors (Lipinski definition) is 3. The highest BCUT2D eigenvalue weighted by atomic mass is 16.3. The molecule has 0 fully saturated rings. The van der Waals surface area contributed by atoms with Gasteiger partial charge in [0.15, 0.2) is 0 Å². The number of likely N-dealkylation sites (N-methyl/N-ethyl adjacent to an activating group) is 1. The van der Waals surface area contributed by atoms with Crippen LogP contribution in [0.2, 0.25) is 0 Å². The van der Waals surface area contributed by atoms with Crippen LogP contribution in [0.1, 0.15) is 37.9 Å². The topological polar surface area (TPSA) is 52.6 Å². The molecule has 0 aliphatic heterocycles. The molecule has 1 aromatic carbocycles. The van der Waals surface area contributed by atoms with Crippen LogP contribution in [0.15, 0.2) is 18.2 Å². The summed E-state index contributed by atoms with van der Waals surface area (Å²) in [5, 5.41) is 12.8. The van der Waals surface area contributed by atoms with E-state index in [4.69, 9.17) is 0 Å². The lowest BCUT2D eigenvalue weighted by Crippen LogP contribution is -2.39. The van der Waals surface area contributed by atoms with Crippen LogP contribution >= 0.6 is 0 Å². The SMILES string of the molecule is Cc1ccc(O)c(C(C)N(C)CC(=O)NC(C)C)c1. The van der Waals surface area contributed by atoms with Crippen molar-refractivity contribution >= 4 is 5.91 Å². The van der Waals surface area contributed by atoms with Crippen molar-refractivity contribution in [1.82, 2.24) is 10.2 Å². The van der Waals surface area contributed by atoms with E-state index in [9.17, 15) is 9.90 Å². The van der Waals surface area contributed by atoms with E-state index in [1.165, 1.54) is 0 Å². The molecule has 0 saturated heterocycles. The molecule has 0 aromatic heterocycles. The first-order chi connectivity index (χ1) is 8.81. The van der Waals surface area contributed by atoms with Gasteiger partial charge < -0.3 is 10.4 Å². The maximum Gasteiger partial charge on any atom is 0.234 e. The van der Waals surface area contributed by atoms with E-state index < -0.39 is 0 Å². The summed E-state index contributed by atoms with van der Waals surface area (Å²) in [6.07, 6.45) is 0. The Morgan fingerprint density at radius 1 is 1.37 bits per heavy atom. The van der Waals surface area contributed by atoms with Gasteiger partial charge in [0.25, 0.3) is 0 Å². The van der Waals surface area contributed by atoms with Crippen molar-refractivity contribution in [3.8, 4) is 5.75 Å². The number of phenolic OH excluding ortho intramolecular Hbond substituents is 1. The highest BCUT2D eigenvalue weighted by Crippen LogP contribution is 2.28. The Morgan fingerprint density at radius 3 is 2.58 bits per heavy atom. The number of nitrogens with one attached hydrogen (secondary N) is 1. The summed E-state index contributed by atoms with van der Waals surface area (Å²) in [7, 11) is 1.88. The number of rotatable bonds is 5. The van der Waals surface area contributed by atoms with E-state index >= 15 is 0 Å². The van der Waals surface area contributed by atoms with Crippen LogP contribution in [-0.2, 0) is 4.79 Å². The first-order valence-corrected chi connectivity index (χ1v) is 6.60. The number of aryl methyl sites for hydroxylation is 1. The van der Waals surface area contributed by atoms with Gasteiger partial charge in [0.1, 0.15) is 5.75 Å². The molecule has 1 aromatic rings. The standard InChI is InChI=1S/C15H24N2O2/c1-10(2)16-15(19)9-17(5)12(4)13-8-11(3)6-7-14(13)18/h6-8,10,12,18H,9H2,1-5H3,(H,16,19).